The number of nitrogens with two attached hydrogens (primary N) is 1. The van der Waals surface area contributed by atoms with Crippen LogP contribution in [0.2, 0.25) is 0 Å². The second-order valence-electron chi connectivity index (χ2n) is 4.83. The highest BCUT2D eigenvalue weighted by Gasteiger charge is 2.08. The molecule has 0 heterocycles. The first-order valence-corrected chi connectivity index (χ1v) is 5.66. The predicted octanol–water partition coefficient (Wildman–Crippen LogP) is 2.12. The Balaban J connectivity index is 0.00000256. The molecular formula is C13H23ClN2O. The number of hydrogen-bond donors (Lipinski definition) is 2. The van der Waals surface area contributed by atoms with Crippen LogP contribution in [0.3, 0.4) is 0 Å². The van der Waals surface area contributed by atoms with Crippen molar-refractivity contribution in [3.8, 4) is 5.75 Å². The Morgan fingerprint density at radius 3 is 2.65 bits per heavy atom. The van der Waals surface area contributed by atoms with E-state index in [2.05, 4.69) is 18.3 Å². The minimum Gasteiger partial charge on any atom is -0.492 e. The quantitative estimate of drug-likeness (QED) is 0.769. The number of nitrogens with one attached hydrogen (secondary N) is 1. The van der Waals surface area contributed by atoms with Crippen LogP contribution in [0, 0.1) is 6.92 Å². The fourth-order valence-corrected chi connectivity index (χ4v) is 1.36. The number of benzene rings is 1. The predicted molar refractivity (Wildman–Crippen MR) is 75.1 cm³/mol. The summed E-state index contributed by atoms with van der Waals surface area (Å²) in [7, 11) is 0. The Bertz CT molecular complexity index is 323. The number of rotatable bonds is 6. The van der Waals surface area contributed by atoms with Crippen LogP contribution in [0.5, 0.6) is 5.75 Å². The molecule has 1 aromatic rings. The fraction of sp³-hybridized carbons (Fsp3) is 0.538. The fourth-order valence-electron chi connectivity index (χ4n) is 1.36. The molecule has 0 aliphatic heterocycles. The summed E-state index contributed by atoms with van der Waals surface area (Å²) in [5, 5.41) is 3.26. The molecule has 3 nitrogen and oxygen atoms in total. The lowest BCUT2D eigenvalue weighted by Gasteiger charge is -2.19. The molecule has 4 heteroatoms. The highest BCUT2D eigenvalue weighted by atomic mass is 35.5. The Labute approximate surface area is 110 Å². The molecule has 1 rings (SSSR count). The summed E-state index contributed by atoms with van der Waals surface area (Å²) in [5.41, 5.74) is 6.90. The van der Waals surface area contributed by atoms with E-state index < -0.39 is 0 Å². The van der Waals surface area contributed by atoms with E-state index in [0.717, 1.165) is 18.8 Å². The minimum atomic E-state index is -0.163. The molecule has 0 saturated carbocycles. The first-order chi connectivity index (χ1) is 7.47. The average molecular weight is 259 g/mol. The average Bonchev–Trinajstić information content (AvgIpc) is 2.15. The molecule has 0 aromatic heterocycles. The molecule has 3 N–H and O–H groups in total. The smallest absolute Gasteiger partial charge is 0.119 e. The lowest BCUT2D eigenvalue weighted by Crippen LogP contribution is -2.44. The highest BCUT2D eigenvalue weighted by Crippen LogP contribution is 2.11. The molecule has 0 unspecified atom stereocenters. The molecular weight excluding hydrogens is 236 g/mol. The number of hydrogen-bond acceptors (Lipinski definition) is 3. The zero-order valence-electron chi connectivity index (χ0n) is 10.8. The monoisotopic (exact) mass is 258 g/mol. The lowest BCUT2D eigenvalue weighted by atomic mass is 10.1. The van der Waals surface area contributed by atoms with Gasteiger partial charge in [0.15, 0.2) is 0 Å². The Kier molecular flexibility index (Phi) is 7.19. The van der Waals surface area contributed by atoms with Crippen molar-refractivity contribution in [3.05, 3.63) is 29.8 Å². The van der Waals surface area contributed by atoms with Gasteiger partial charge in [0.2, 0.25) is 0 Å². The second kappa shape index (κ2) is 7.54. The van der Waals surface area contributed by atoms with Gasteiger partial charge < -0.3 is 15.8 Å². The number of halogens is 1. The van der Waals surface area contributed by atoms with E-state index in [1.807, 2.05) is 32.0 Å². The van der Waals surface area contributed by atoms with E-state index >= 15 is 0 Å². The topological polar surface area (TPSA) is 47.3 Å². The van der Waals surface area contributed by atoms with Crippen LogP contribution in [0.25, 0.3) is 0 Å². The van der Waals surface area contributed by atoms with Crippen LogP contribution in [0.1, 0.15) is 19.4 Å². The normalized spacial score (nSPS) is 10.8. The summed E-state index contributed by atoms with van der Waals surface area (Å²) in [4.78, 5) is 0. The SMILES string of the molecule is Cc1cccc(OCCNCC(C)(C)N)c1.Cl. The molecule has 0 aliphatic rings. The molecule has 0 radical (unpaired) electrons. The van der Waals surface area contributed by atoms with Gasteiger partial charge in [-0.1, -0.05) is 12.1 Å². The molecule has 0 amide bonds. The van der Waals surface area contributed by atoms with Crippen LogP contribution < -0.4 is 15.8 Å². The van der Waals surface area contributed by atoms with E-state index in [4.69, 9.17) is 10.5 Å². The zero-order chi connectivity index (χ0) is 12.0. The van der Waals surface area contributed by atoms with Crippen molar-refractivity contribution in [3.63, 3.8) is 0 Å². The van der Waals surface area contributed by atoms with Gasteiger partial charge in [0, 0.05) is 18.6 Å². The van der Waals surface area contributed by atoms with Gasteiger partial charge in [0.05, 0.1) is 0 Å². The zero-order valence-corrected chi connectivity index (χ0v) is 11.6. The largest absolute Gasteiger partial charge is 0.492 e. The summed E-state index contributed by atoms with van der Waals surface area (Å²) >= 11 is 0. The summed E-state index contributed by atoms with van der Waals surface area (Å²) in [6.07, 6.45) is 0. The third kappa shape index (κ3) is 8.02. The molecule has 98 valence electrons. The molecule has 1 aromatic carbocycles. The van der Waals surface area contributed by atoms with Gasteiger partial charge in [-0.2, -0.15) is 0 Å². The van der Waals surface area contributed by atoms with E-state index in [9.17, 15) is 0 Å². The molecule has 0 atom stereocenters. The van der Waals surface area contributed by atoms with Crippen LogP contribution in [0.15, 0.2) is 24.3 Å². The van der Waals surface area contributed by atoms with Crippen LogP contribution in [0.4, 0.5) is 0 Å². The molecule has 0 fully saturated rings. The van der Waals surface area contributed by atoms with Gasteiger partial charge in [0.1, 0.15) is 12.4 Å². The van der Waals surface area contributed by atoms with Gasteiger partial charge in [-0.25, -0.2) is 0 Å². The highest BCUT2D eigenvalue weighted by molar-refractivity contribution is 5.85. The van der Waals surface area contributed by atoms with Crippen molar-refractivity contribution >= 4 is 12.4 Å². The van der Waals surface area contributed by atoms with Gasteiger partial charge in [-0.05, 0) is 38.5 Å². The van der Waals surface area contributed by atoms with Crippen molar-refractivity contribution in [1.29, 1.82) is 0 Å². The van der Waals surface area contributed by atoms with Crippen molar-refractivity contribution in [2.24, 2.45) is 5.73 Å². The van der Waals surface area contributed by atoms with Gasteiger partial charge in [0.25, 0.3) is 0 Å². The number of ether oxygens (including phenoxy) is 1. The maximum atomic E-state index is 5.85. The molecule has 0 aliphatic carbocycles. The van der Waals surface area contributed by atoms with E-state index in [1.54, 1.807) is 0 Å². The second-order valence-corrected chi connectivity index (χ2v) is 4.83. The standard InChI is InChI=1S/C13H22N2O.ClH/c1-11-5-4-6-12(9-11)16-8-7-15-10-13(2,3)14;/h4-6,9,15H,7-8,10,14H2,1-3H3;1H. The lowest BCUT2D eigenvalue weighted by molar-refractivity contribution is 0.307. The van der Waals surface area contributed by atoms with E-state index in [1.165, 1.54) is 5.56 Å². The van der Waals surface area contributed by atoms with Gasteiger partial charge in [-0.3, -0.25) is 0 Å². The van der Waals surface area contributed by atoms with E-state index in [-0.39, 0.29) is 17.9 Å². The van der Waals surface area contributed by atoms with E-state index in [0.29, 0.717) is 6.61 Å². The number of aryl methyl sites for hydroxylation is 1. The Hall–Kier alpha value is -0.770. The van der Waals surface area contributed by atoms with Crippen LogP contribution in [-0.4, -0.2) is 25.2 Å². The van der Waals surface area contributed by atoms with Crippen molar-refractivity contribution in [1.82, 2.24) is 5.32 Å². The third-order valence-electron chi connectivity index (χ3n) is 2.12. The summed E-state index contributed by atoms with van der Waals surface area (Å²) in [6, 6.07) is 8.07. The Morgan fingerprint density at radius 1 is 1.35 bits per heavy atom. The summed E-state index contributed by atoms with van der Waals surface area (Å²) in [5.74, 6) is 0.925. The van der Waals surface area contributed by atoms with Crippen molar-refractivity contribution < 1.29 is 4.74 Å². The molecule has 0 bridgehead atoms. The van der Waals surface area contributed by atoms with Crippen LogP contribution in [-0.2, 0) is 0 Å². The van der Waals surface area contributed by atoms with Crippen molar-refractivity contribution in [2.45, 2.75) is 26.3 Å². The first kappa shape index (κ1) is 16.2. The summed E-state index contributed by atoms with van der Waals surface area (Å²) < 4.78 is 5.60. The maximum Gasteiger partial charge on any atom is 0.119 e. The summed E-state index contributed by atoms with van der Waals surface area (Å²) in [6.45, 7) is 8.34. The minimum absolute atomic E-state index is 0. The third-order valence-corrected chi connectivity index (χ3v) is 2.12. The maximum absolute atomic E-state index is 5.85. The molecule has 0 spiro atoms. The first-order valence-electron chi connectivity index (χ1n) is 5.66. The van der Waals surface area contributed by atoms with Crippen LogP contribution >= 0.6 is 12.4 Å². The molecule has 0 saturated heterocycles. The van der Waals surface area contributed by atoms with Gasteiger partial charge in [-0.15, -0.1) is 12.4 Å². The van der Waals surface area contributed by atoms with Crippen molar-refractivity contribution in [2.75, 3.05) is 19.7 Å². The van der Waals surface area contributed by atoms with Gasteiger partial charge >= 0.3 is 0 Å². The molecule has 17 heavy (non-hydrogen) atoms. The Morgan fingerprint density at radius 2 is 2.06 bits per heavy atom.